The third-order valence-corrected chi connectivity index (χ3v) is 3.17. The normalized spacial score (nSPS) is 20.1. The van der Waals surface area contributed by atoms with Crippen LogP contribution in [0.3, 0.4) is 0 Å². The van der Waals surface area contributed by atoms with Gasteiger partial charge >= 0.3 is 0 Å². The molecule has 0 aliphatic carbocycles. The molecule has 18 heavy (non-hydrogen) atoms. The zero-order chi connectivity index (χ0) is 13.1. The molecule has 2 rings (SSSR count). The van der Waals surface area contributed by atoms with E-state index in [2.05, 4.69) is 5.32 Å². The van der Waals surface area contributed by atoms with Crippen molar-refractivity contribution in [2.75, 3.05) is 25.0 Å². The van der Waals surface area contributed by atoms with Crippen molar-refractivity contribution in [3.05, 3.63) is 29.0 Å². The second kappa shape index (κ2) is 5.65. The van der Waals surface area contributed by atoms with Gasteiger partial charge in [0.1, 0.15) is 5.82 Å². The van der Waals surface area contributed by atoms with Crippen LogP contribution in [0.4, 0.5) is 10.1 Å². The zero-order valence-corrected chi connectivity index (χ0v) is 10.6. The SMILES string of the molecule is N[C@@H]1CCN(CC(=O)Nc2ccc(F)c(Cl)c2)C1. The van der Waals surface area contributed by atoms with Gasteiger partial charge in [0.2, 0.25) is 5.91 Å². The van der Waals surface area contributed by atoms with Gasteiger partial charge in [-0.3, -0.25) is 9.69 Å². The van der Waals surface area contributed by atoms with E-state index in [1.165, 1.54) is 18.2 Å². The van der Waals surface area contributed by atoms with E-state index in [0.717, 1.165) is 19.5 Å². The van der Waals surface area contributed by atoms with E-state index >= 15 is 0 Å². The Morgan fingerprint density at radius 3 is 3.00 bits per heavy atom. The quantitative estimate of drug-likeness (QED) is 0.875. The number of nitrogens with one attached hydrogen (secondary N) is 1. The maximum Gasteiger partial charge on any atom is 0.238 e. The lowest BCUT2D eigenvalue weighted by atomic mass is 10.3. The van der Waals surface area contributed by atoms with Gasteiger partial charge in [-0.1, -0.05) is 11.6 Å². The van der Waals surface area contributed by atoms with Gasteiger partial charge in [0.15, 0.2) is 0 Å². The van der Waals surface area contributed by atoms with Crippen LogP contribution >= 0.6 is 11.6 Å². The largest absolute Gasteiger partial charge is 0.326 e. The van der Waals surface area contributed by atoms with Gasteiger partial charge in [0.25, 0.3) is 0 Å². The second-order valence-corrected chi connectivity index (χ2v) is 4.87. The summed E-state index contributed by atoms with van der Waals surface area (Å²) in [7, 11) is 0. The average Bonchev–Trinajstić information content (AvgIpc) is 2.69. The lowest BCUT2D eigenvalue weighted by Crippen LogP contribution is -2.33. The molecule has 98 valence electrons. The Morgan fingerprint density at radius 1 is 1.61 bits per heavy atom. The van der Waals surface area contributed by atoms with Gasteiger partial charge < -0.3 is 11.1 Å². The topological polar surface area (TPSA) is 58.4 Å². The average molecular weight is 272 g/mol. The Hall–Kier alpha value is -1.17. The van der Waals surface area contributed by atoms with Crippen molar-refractivity contribution < 1.29 is 9.18 Å². The molecule has 0 bridgehead atoms. The molecule has 0 aromatic heterocycles. The summed E-state index contributed by atoms with van der Waals surface area (Å²) in [6, 6.07) is 4.25. The summed E-state index contributed by atoms with van der Waals surface area (Å²) >= 11 is 5.63. The zero-order valence-electron chi connectivity index (χ0n) is 9.83. The van der Waals surface area contributed by atoms with Crippen LogP contribution in [0.25, 0.3) is 0 Å². The van der Waals surface area contributed by atoms with Gasteiger partial charge in [-0.2, -0.15) is 0 Å². The smallest absolute Gasteiger partial charge is 0.238 e. The first-order valence-electron chi connectivity index (χ1n) is 5.77. The van der Waals surface area contributed by atoms with Gasteiger partial charge in [-0.15, -0.1) is 0 Å². The highest BCUT2D eigenvalue weighted by Gasteiger charge is 2.20. The van der Waals surface area contributed by atoms with Crippen LogP contribution in [0.2, 0.25) is 5.02 Å². The number of hydrogen-bond acceptors (Lipinski definition) is 3. The Morgan fingerprint density at radius 2 is 2.39 bits per heavy atom. The molecule has 1 aromatic carbocycles. The Balaban J connectivity index is 1.89. The fraction of sp³-hybridized carbons (Fsp3) is 0.417. The molecule has 1 fully saturated rings. The molecule has 1 saturated heterocycles. The maximum atomic E-state index is 12.9. The highest BCUT2D eigenvalue weighted by atomic mass is 35.5. The first-order chi connectivity index (χ1) is 8.54. The lowest BCUT2D eigenvalue weighted by Gasteiger charge is -2.14. The van der Waals surface area contributed by atoms with E-state index in [1.807, 2.05) is 4.90 Å². The molecule has 4 nitrogen and oxygen atoms in total. The number of anilines is 1. The van der Waals surface area contributed by atoms with Crippen molar-refractivity contribution in [1.29, 1.82) is 0 Å². The van der Waals surface area contributed by atoms with Crippen molar-refractivity contribution in [3.63, 3.8) is 0 Å². The van der Waals surface area contributed by atoms with Crippen molar-refractivity contribution >= 4 is 23.2 Å². The summed E-state index contributed by atoms with van der Waals surface area (Å²) < 4.78 is 12.9. The molecule has 1 atom stereocenters. The number of likely N-dealkylation sites (tertiary alicyclic amines) is 1. The number of benzene rings is 1. The molecule has 1 aliphatic rings. The molecule has 3 N–H and O–H groups in total. The molecule has 1 aliphatic heterocycles. The number of nitrogens with zero attached hydrogens (tertiary/aromatic N) is 1. The molecular weight excluding hydrogens is 257 g/mol. The maximum absolute atomic E-state index is 12.9. The van der Waals surface area contributed by atoms with Crippen molar-refractivity contribution in [3.8, 4) is 0 Å². The first kappa shape index (κ1) is 13.3. The van der Waals surface area contributed by atoms with Crippen LogP contribution in [0.1, 0.15) is 6.42 Å². The predicted molar refractivity (Wildman–Crippen MR) is 69.1 cm³/mol. The van der Waals surface area contributed by atoms with Crippen LogP contribution in [0.5, 0.6) is 0 Å². The third kappa shape index (κ3) is 3.41. The van der Waals surface area contributed by atoms with Crippen LogP contribution in [0, 0.1) is 5.82 Å². The number of nitrogens with two attached hydrogens (primary N) is 1. The van der Waals surface area contributed by atoms with E-state index in [9.17, 15) is 9.18 Å². The minimum atomic E-state index is -0.500. The molecule has 1 heterocycles. The molecule has 0 saturated carbocycles. The number of rotatable bonds is 3. The van der Waals surface area contributed by atoms with Gasteiger partial charge in [0.05, 0.1) is 11.6 Å². The molecule has 0 unspecified atom stereocenters. The van der Waals surface area contributed by atoms with Crippen molar-refractivity contribution in [2.24, 2.45) is 5.73 Å². The second-order valence-electron chi connectivity index (χ2n) is 4.46. The molecule has 0 spiro atoms. The van der Waals surface area contributed by atoms with E-state index in [-0.39, 0.29) is 17.0 Å². The standard InChI is InChI=1S/C12H15ClFN3O/c13-10-5-9(1-2-11(10)14)16-12(18)7-17-4-3-8(15)6-17/h1-2,5,8H,3-4,6-7,15H2,(H,16,18)/t8-/m1/s1. The number of halogens is 2. The number of carbonyl (C=O) groups is 1. The summed E-state index contributed by atoms with van der Waals surface area (Å²) in [5.41, 5.74) is 6.25. The fourth-order valence-electron chi connectivity index (χ4n) is 1.98. The van der Waals surface area contributed by atoms with E-state index in [0.29, 0.717) is 12.2 Å². The van der Waals surface area contributed by atoms with Crippen molar-refractivity contribution in [2.45, 2.75) is 12.5 Å². The van der Waals surface area contributed by atoms with Crippen LogP contribution in [-0.2, 0) is 4.79 Å². The van der Waals surface area contributed by atoms with Gasteiger partial charge in [-0.05, 0) is 24.6 Å². The van der Waals surface area contributed by atoms with Crippen LogP contribution in [-0.4, -0.2) is 36.5 Å². The molecular formula is C12H15ClFN3O. The van der Waals surface area contributed by atoms with E-state index in [4.69, 9.17) is 17.3 Å². The molecule has 0 radical (unpaired) electrons. The Labute approximate surface area is 110 Å². The third-order valence-electron chi connectivity index (χ3n) is 2.88. The summed E-state index contributed by atoms with van der Waals surface area (Å²) in [4.78, 5) is 13.7. The summed E-state index contributed by atoms with van der Waals surface area (Å²) in [5, 5.41) is 2.68. The van der Waals surface area contributed by atoms with Gasteiger partial charge in [0, 0.05) is 24.8 Å². The van der Waals surface area contributed by atoms with Crippen LogP contribution in [0.15, 0.2) is 18.2 Å². The summed E-state index contributed by atoms with van der Waals surface area (Å²) in [6.07, 6.45) is 0.912. The number of carbonyl (C=O) groups excluding carboxylic acids is 1. The Bertz CT molecular complexity index is 455. The van der Waals surface area contributed by atoms with E-state index < -0.39 is 5.82 Å². The van der Waals surface area contributed by atoms with Crippen molar-refractivity contribution in [1.82, 2.24) is 4.90 Å². The monoisotopic (exact) mass is 271 g/mol. The van der Waals surface area contributed by atoms with Gasteiger partial charge in [-0.25, -0.2) is 4.39 Å². The lowest BCUT2D eigenvalue weighted by molar-refractivity contribution is -0.117. The molecule has 1 aromatic rings. The summed E-state index contributed by atoms with van der Waals surface area (Å²) in [5.74, 6) is -0.646. The minimum Gasteiger partial charge on any atom is -0.326 e. The first-order valence-corrected chi connectivity index (χ1v) is 6.15. The van der Waals surface area contributed by atoms with E-state index in [1.54, 1.807) is 0 Å². The molecule has 1 amide bonds. The highest BCUT2D eigenvalue weighted by Crippen LogP contribution is 2.19. The number of amides is 1. The van der Waals surface area contributed by atoms with Crippen LogP contribution < -0.4 is 11.1 Å². The summed E-state index contributed by atoms with van der Waals surface area (Å²) in [6.45, 7) is 1.86. The number of hydrogen-bond donors (Lipinski definition) is 2. The molecule has 6 heteroatoms. The predicted octanol–water partition coefficient (Wildman–Crippen LogP) is 1.45. The Kier molecular flexibility index (Phi) is 4.16. The highest BCUT2D eigenvalue weighted by molar-refractivity contribution is 6.31. The minimum absolute atomic E-state index is 0.00371. The fourth-order valence-corrected chi connectivity index (χ4v) is 2.16.